The van der Waals surface area contributed by atoms with Gasteiger partial charge in [-0.2, -0.15) is 0 Å². The molecule has 2 aromatic rings. The first-order chi connectivity index (χ1) is 12.3. The van der Waals surface area contributed by atoms with Crippen LogP contribution in [-0.2, 0) is 12.0 Å². The number of aromatic hydroxyl groups is 1. The molecule has 140 valence electrons. The van der Waals surface area contributed by atoms with Gasteiger partial charge in [0, 0.05) is 6.04 Å². The Balaban J connectivity index is 1.95. The van der Waals surface area contributed by atoms with Gasteiger partial charge in [-0.05, 0) is 29.4 Å². The molecule has 3 rings (SSSR count). The Hall–Kier alpha value is -2.30. The zero-order chi connectivity index (χ0) is 18.9. The van der Waals surface area contributed by atoms with E-state index in [1.165, 1.54) is 20.8 Å². The molecule has 1 aliphatic carbocycles. The zero-order valence-electron chi connectivity index (χ0n) is 15.9. The third-order valence-electron chi connectivity index (χ3n) is 5.30. The maximum atomic E-state index is 12.9. The van der Waals surface area contributed by atoms with Crippen molar-refractivity contribution < 1.29 is 5.11 Å². The van der Waals surface area contributed by atoms with Crippen molar-refractivity contribution in [2.75, 3.05) is 0 Å². The van der Waals surface area contributed by atoms with Crippen molar-refractivity contribution in [3.05, 3.63) is 62.3 Å². The van der Waals surface area contributed by atoms with Gasteiger partial charge in [0.25, 0.3) is 5.56 Å². The SMILES string of the molecule is CC(C)(C)c1ccc(Cn2c(O)cc(=O)n(C3CCCCC3)c2=O)cc1. The lowest BCUT2D eigenvalue weighted by Crippen LogP contribution is -2.42. The van der Waals surface area contributed by atoms with Crippen molar-refractivity contribution in [2.24, 2.45) is 0 Å². The quantitative estimate of drug-likeness (QED) is 0.914. The number of rotatable bonds is 3. The third kappa shape index (κ3) is 3.76. The Morgan fingerprint density at radius 3 is 2.23 bits per heavy atom. The van der Waals surface area contributed by atoms with E-state index in [9.17, 15) is 14.7 Å². The number of hydrogen-bond donors (Lipinski definition) is 1. The Labute approximate surface area is 153 Å². The normalized spacial score (nSPS) is 16.0. The summed E-state index contributed by atoms with van der Waals surface area (Å²) in [4.78, 5) is 25.2. The molecule has 1 fully saturated rings. The zero-order valence-corrected chi connectivity index (χ0v) is 15.9. The Morgan fingerprint density at radius 2 is 1.65 bits per heavy atom. The van der Waals surface area contributed by atoms with Crippen LogP contribution in [0.1, 0.15) is 70.0 Å². The predicted octanol–water partition coefficient (Wildman–Crippen LogP) is 3.57. The fraction of sp³-hybridized carbons (Fsp3) is 0.524. The van der Waals surface area contributed by atoms with Crippen LogP contribution in [0.15, 0.2) is 39.9 Å². The van der Waals surface area contributed by atoms with Crippen LogP contribution in [0, 0.1) is 0 Å². The Kier molecular flexibility index (Phi) is 5.08. The molecule has 1 aromatic heterocycles. The van der Waals surface area contributed by atoms with E-state index < -0.39 is 11.2 Å². The minimum atomic E-state index is -0.415. The fourth-order valence-electron chi connectivity index (χ4n) is 3.70. The lowest BCUT2D eigenvalue weighted by molar-refractivity contribution is 0.319. The third-order valence-corrected chi connectivity index (χ3v) is 5.30. The van der Waals surface area contributed by atoms with Crippen LogP contribution in [0.5, 0.6) is 5.88 Å². The Bertz CT molecular complexity index is 879. The highest BCUT2D eigenvalue weighted by Crippen LogP contribution is 2.26. The monoisotopic (exact) mass is 356 g/mol. The van der Waals surface area contributed by atoms with Crippen molar-refractivity contribution in [2.45, 2.75) is 70.9 Å². The molecule has 5 heteroatoms. The first-order valence-electron chi connectivity index (χ1n) is 9.42. The summed E-state index contributed by atoms with van der Waals surface area (Å²) in [5.41, 5.74) is 1.38. The van der Waals surface area contributed by atoms with Gasteiger partial charge in [-0.15, -0.1) is 0 Å². The van der Waals surface area contributed by atoms with Gasteiger partial charge in [-0.3, -0.25) is 13.9 Å². The molecule has 1 aliphatic rings. The van der Waals surface area contributed by atoms with E-state index in [2.05, 4.69) is 32.9 Å². The van der Waals surface area contributed by atoms with Gasteiger partial charge >= 0.3 is 5.69 Å². The molecule has 0 unspecified atom stereocenters. The Morgan fingerprint density at radius 1 is 1.04 bits per heavy atom. The van der Waals surface area contributed by atoms with Gasteiger partial charge < -0.3 is 5.11 Å². The van der Waals surface area contributed by atoms with Crippen LogP contribution >= 0.6 is 0 Å². The van der Waals surface area contributed by atoms with Crippen LogP contribution in [0.2, 0.25) is 0 Å². The van der Waals surface area contributed by atoms with E-state index in [-0.39, 0.29) is 23.9 Å². The molecule has 1 aromatic carbocycles. The summed E-state index contributed by atoms with van der Waals surface area (Å²) >= 11 is 0. The second-order valence-corrected chi connectivity index (χ2v) is 8.32. The molecule has 0 radical (unpaired) electrons. The molecule has 26 heavy (non-hydrogen) atoms. The number of aromatic nitrogens is 2. The van der Waals surface area contributed by atoms with E-state index in [0.29, 0.717) is 0 Å². The maximum absolute atomic E-state index is 12.9. The summed E-state index contributed by atoms with van der Waals surface area (Å²) in [5.74, 6) is -0.271. The molecular weight excluding hydrogens is 328 g/mol. The van der Waals surface area contributed by atoms with Crippen molar-refractivity contribution in [3.8, 4) is 5.88 Å². The summed E-state index contributed by atoms with van der Waals surface area (Å²) in [7, 11) is 0. The smallest absolute Gasteiger partial charge is 0.334 e. The lowest BCUT2D eigenvalue weighted by atomic mass is 9.87. The van der Waals surface area contributed by atoms with Gasteiger partial charge in [0.2, 0.25) is 5.88 Å². The lowest BCUT2D eigenvalue weighted by Gasteiger charge is -2.24. The van der Waals surface area contributed by atoms with Gasteiger partial charge in [-0.1, -0.05) is 64.3 Å². The molecule has 0 bridgehead atoms. The number of hydrogen-bond acceptors (Lipinski definition) is 3. The summed E-state index contributed by atoms with van der Waals surface area (Å²) in [6.45, 7) is 6.71. The first-order valence-corrected chi connectivity index (χ1v) is 9.42. The van der Waals surface area contributed by atoms with E-state index in [1.807, 2.05) is 12.1 Å². The van der Waals surface area contributed by atoms with E-state index >= 15 is 0 Å². The highest BCUT2D eigenvalue weighted by Gasteiger charge is 2.21. The number of benzene rings is 1. The highest BCUT2D eigenvalue weighted by atomic mass is 16.3. The molecule has 0 saturated heterocycles. The summed E-state index contributed by atoms with van der Waals surface area (Å²) in [6, 6.07) is 9.16. The van der Waals surface area contributed by atoms with Crippen LogP contribution in [-0.4, -0.2) is 14.2 Å². The second-order valence-electron chi connectivity index (χ2n) is 8.32. The van der Waals surface area contributed by atoms with Crippen molar-refractivity contribution in [3.63, 3.8) is 0 Å². The minimum absolute atomic E-state index is 0.0566. The van der Waals surface area contributed by atoms with E-state index in [1.54, 1.807) is 0 Å². The maximum Gasteiger partial charge on any atom is 0.334 e. The predicted molar refractivity (Wildman–Crippen MR) is 103 cm³/mol. The summed E-state index contributed by atoms with van der Waals surface area (Å²) in [5, 5.41) is 10.2. The van der Waals surface area contributed by atoms with Crippen molar-refractivity contribution >= 4 is 0 Å². The highest BCUT2D eigenvalue weighted by molar-refractivity contribution is 5.28. The van der Waals surface area contributed by atoms with Gasteiger partial charge in [0.05, 0.1) is 12.6 Å². The molecule has 0 aliphatic heterocycles. The van der Waals surface area contributed by atoms with Gasteiger partial charge in [-0.25, -0.2) is 4.79 Å². The molecular formula is C21H28N2O3. The van der Waals surface area contributed by atoms with E-state index in [4.69, 9.17) is 0 Å². The number of nitrogens with zero attached hydrogens (tertiary/aromatic N) is 2. The molecule has 0 spiro atoms. The summed E-state index contributed by atoms with van der Waals surface area (Å²) in [6.07, 6.45) is 4.91. The molecule has 0 atom stereocenters. The van der Waals surface area contributed by atoms with Crippen LogP contribution in [0.4, 0.5) is 0 Å². The van der Waals surface area contributed by atoms with Crippen LogP contribution < -0.4 is 11.2 Å². The first kappa shape index (κ1) is 18.5. The largest absolute Gasteiger partial charge is 0.494 e. The van der Waals surface area contributed by atoms with Crippen molar-refractivity contribution in [1.82, 2.24) is 9.13 Å². The second kappa shape index (κ2) is 7.14. The van der Waals surface area contributed by atoms with Crippen LogP contribution in [0.25, 0.3) is 0 Å². The van der Waals surface area contributed by atoms with Crippen LogP contribution in [0.3, 0.4) is 0 Å². The average molecular weight is 356 g/mol. The molecule has 1 N–H and O–H groups in total. The molecule has 1 saturated carbocycles. The van der Waals surface area contributed by atoms with Gasteiger partial charge in [0.15, 0.2) is 0 Å². The molecule has 5 nitrogen and oxygen atoms in total. The van der Waals surface area contributed by atoms with E-state index in [0.717, 1.165) is 37.7 Å². The average Bonchev–Trinajstić information content (AvgIpc) is 2.59. The minimum Gasteiger partial charge on any atom is -0.494 e. The molecule has 0 amide bonds. The fourth-order valence-corrected chi connectivity index (χ4v) is 3.70. The standard InChI is InChI=1S/C21H28N2O3/c1-21(2,3)16-11-9-15(10-12-16)14-22-18(24)13-19(25)23(20(22)26)17-7-5-4-6-8-17/h9-13,17,24H,4-8,14H2,1-3H3. The topological polar surface area (TPSA) is 64.2 Å². The van der Waals surface area contributed by atoms with Crippen molar-refractivity contribution in [1.29, 1.82) is 0 Å². The molecule has 1 heterocycles. The summed E-state index contributed by atoms with van der Waals surface area (Å²) < 4.78 is 2.63. The van der Waals surface area contributed by atoms with Gasteiger partial charge in [0.1, 0.15) is 0 Å².